The van der Waals surface area contributed by atoms with E-state index in [-0.39, 0.29) is 24.2 Å². The van der Waals surface area contributed by atoms with E-state index in [0.717, 1.165) is 31.7 Å². The molecule has 0 radical (unpaired) electrons. The van der Waals surface area contributed by atoms with Gasteiger partial charge in [-0.15, -0.1) is 0 Å². The number of benzene rings is 1. The second kappa shape index (κ2) is 6.32. The number of nitrogens with zero attached hydrogens (tertiary/aromatic N) is 2. The van der Waals surface area contributed by atoms with Crippen molar-refractivity contribution in [3.05, 3.63) is 29.6 Å². The number of ether oxygens (including phenoxy) is 1. The molecule has 0 aromatic heterocycles. The molecular formula is C14H21FN2O2. The van der Waals surface area contributed by atoms with Crippen LogP contribution in [0.4, 0.5) is 4.39 Å². The number of hydrogen-bond acceptors (Lipinski definition) is 4. The Labute approximate surface area is 113 Å². The normalized spacial score (nSPS) is 19.4. The Morgan fingerprint density at radius 1 is 1.32 bits per heavy atom. The van der Waals surface area contributed by atoms with Crippen molar-refractivity contribution in [2.45, 2.75) is 6.04 Å². The Kier molecular flexibility index (Phi) is 4.74. The van der Waals surface area contributed by atoms with Crippen molar-refractivity contribution < 1.29 is 14.2 Å². The molecule has 2 rings (SSSR count). The highest BCUT2D eigenvalue weighted by Crippen LogP contribution is 2.26. The lowest BCUT2D eigenvalue weighted by molar-refractivity contribution is 0.0746. The van der Waals surface area contributed by atoms with E-state index in [1.807, 2.05) is 6.07 Å². The molecule has 1 aliphatic heterocycles. The van der Waals surface area contributed by atoms with Gasteiger partial charge in [0, 0.05) is 26.2 Å². The molecule has 1 atom stereocenters. The molecule has 19 heavy (non-hydrogen) atoms. The van der Waals surface area contributed by atoms with Crippen molar-refractivity contribution in [1.29, 1.82) is 0 Å². The first-order valence-electron chi connectivity index (χ1n) is 6.52. The molecule has 1 unspecified atom stereocenters. The molecule has 1 aromatic carbocycles. The molecule has 1 N–H and O–H groups in total. The van der Waals surface area contributed by atoms with Gasteiger partial charge in [0.1, 0.15) is 0 Å². The third-order valence-electron chi connectivity index (χ3n) is 3.71. The number of likely N-dealkylation sites (N-methyl/N-ethyl adjacent to an activating group) is 1. The highest BCUT2D eigenvalue weighted by atomic mass is 19.1. The SMILES string of the molecule is COc1ccc(C(CO)N2CCN(C)CC2)cc1F. The number of aliphatic hydroxyl groups excluding tert-OH is 1. The summed E-state index contributed by atoms with van der Waals surface area (Å²) in [5.74, 6) is -0.147. The van der Waals surface area contributed by atoms with Gasteiger partial charge in [-0.2, -0.15) is 0 Å². The molecule has 4 nitrogen and oxygen atoms in total. The summed E-state index contributed by atoms with van der Waals surface area (Å²) >= 11 is 0. The maximum atomic E-state index is 13.7. The topological polar surface area (TPSA) is 35.9 Å². The first-order valence-corrected chi connectivity index (χ1v) is 6.52. The predicted molar refractivity (Wildman–Crippen MR) is 71.8 cm³/mol. The molecule has 1 saturated heterocycles. The van der Waals surface area contributed by atoms with Crippen LogP contribution >= 0.6 is 0 Å². The van der Waals surface area contributed by atoms with Crippen LogP contribution in [0.25, 0.3) is 0 Å². The molecule has 1 aliphatic rings. The molecule has 1 fully saturated rings. The van der Waals surface area contributed by atoms with Crippen LogP contribution in [0, 0.1) is 5.82 Å². The van der Waals surface area contributed by atoms with Gasteiger partial charge >= 0.3 is 0 Å². The van der Waals surface area contributed by atoms with Crippen molar-refractivity contribution in [3.8, 4) is 5.75 Å². The van der Waals surface area contributed by atoms with E-state index in [1.54, 1.807) is 6.07 Å². The fourth-order valence-corrected chi connectivity index (χ4v) is 2.46. The molecular weight excluding hydrogens is 247 g/mol. The van der Waals surface area contributed by atoms with Crippen LogP contribution in [0.5, 0.6) is 5.75 Å². The van der Waals surface area contributed by atoms with Gasteiger partial charge in [-0.3, -0.25) is 4.90 Å². The van der Waals surface area contributed by atoms with Gasteiger partial charge in [0.05, 0.1) is 19.8 Å². The minimum atomic E-state index is -0.382. The Balaban J connectivity index is 2.15. The maximum Gasteiger partial charge on any atom is 0.165 e. The number of methoxy groups -OCH3 is 1. The molecule has 1 aromatic rings. The lowest BCUT2D eigenvalue weighted by Crippen LogP contribution is -2.46. The Morgan fingerprint density at radius 3 is 2.53 bits per heavy atom. The summed E-state index contributed by atoms with van der Waals surface area (Å²) in [6, 6.07) is 4.75. The van der Waals surface area contributed by atoms with Crippen LogP contribution in [0.3, 0.4) is 0 Å². The van der Waals surface area contributed by atoms with Crippen LogP contribution < -0.4 is 4.74 Å². The van der Waals surface area contributed by atoms with Crippen molar-refractivity contribution >= 4 is 0 Å². The number of aliphatic hydroxyl groups is 1. The lowest BCUT2D eigenvalue weighted by Gasteiger charge is -2.37. The van der Waals surface area contributed by atoms with Crippen molar-refractivity contribution in [2.24, 2.45) is 0 Å². The fraction of sp³-hybridized carbons (Fsp3) is 0.571. The number of rotatable bonds is 4. The summed E-state index contributed by atoms with van der Waals surface area (Å²) in [4.78, 5) is 4.45. The van der Waals surface area contributed by atoms with Crippen LogP contribution in [-0.4, -0.2) is 61.8 Å². The molecule has 1 heterocycles. The van der Waals surface area contributed by atoms with Gasteiger partial charge in [-0.1, -0.05) is 6.07 Å². The fourth-order valence-electron chi connectivity index (χ4n) is 2.46. The van der Waals surface area contributed by atoms with Crippen molar-refractivity contribution in [1.82, 2.24) is 9.80 Å². The molecule has 106 valence electrons. The zero-order valence-corrected chi connectivity index (χ0v) is 11.5. The average Bonchev–Trinajstić information content (AvgIpc) is 2.42. The Bertz CT molecular complexity index is 420. The van der Waals surface area contributed by atoms with Gasteiger partial charge in [0.15, 0.2) is 11.6 Å². The first-order chi connectivity index (χ1) is 9.15. The maximum absolute atomic E-state index is 13.7. The summed E-state index contributed by atoms with van der Waals surface area (Å²) in [7, 11) is 3.53. The third kappa shape index (κ3) is 3.23. The zero-order valence-electron chi connectivity index (χ0n) is 11.5. The Morgan fingerprint density at radius 2 is 2.00 bits per heavy atom. The van der Waals surface area contributed by atoms with Crippen LogP contribution in [0.1, 0.15) is 11.6 Å². The van der Waals surface area contributed by atoms with Crippen LogP contribution in [0.2, 0.25) is 0 Å². The van der Waals surface area contributed by atoms with E-state index in [9.17, 15) is 9.50 Å². The Hall–Kier alpha value is -1.17. The highest BCUT2D eigenvalue weighted by Gasteiger charge is 2.24. The summed E-state index contributed by atoms with van der Waals surface area (Å²) in [5, 5.41) is 9.61. The van der Waals surface area contributed by atoms with Gasteiger partial charge in [0.2, 0.25) is 0 Å². The predicted octanol–water partition coefficient (Wildman–Crippen LogP) is 1.12. The second-order valence-corrected chi connectivity index (χ2v) is 4.93. The molecule has 0 amide bonds. The molecule has 0 bridgehead atoms. The number of halogens is 1. The summed E-state index contributed by atoms with van der Waals surface area (Å²) in [6.07, 6.45) is 0. The molecule has 5 heteroatoms. The summed E-state index contributed by atoms with van der Waals surface area (Å²) in [6.45, 7) is 3.70. The van der Waals surface area contributed by atoms with E-state index in [2.05, 4.69) is 16.8 Å². The second-order valence-electron chi connectivity index (χ2n) is 4.93. The van der Waals surface area contributed by atoms with Gasteiger partial charge < -0.3 is 14.7 Å². The van der Waals surface area contributed by atoms with Crippen LogP contribution in [0.15, 0.2) is 18.2 Å². The molecule has 0 spiro atoms. The van der Waals surface area contributed by atoms with E-state index < -0.39 is 0 Å². The molecule has 0 saturated carbocycles. The largest absolute Gasteiger partial charge is 0.494 e. The molecule has 0 aliphatic carbocycles. The van der Waals surface area contributed by atoms with Crippen molar-refractivity contribution in [3.63, 3.8) is 0 Å². The lowest BCUT2D eigenvalue weighted by atomic mass is 10.0. The minimum Gasteiger partial charge on any atom is -0.494 e. The first kappa shape index (κ1) is 14.2. The van der Waals surface area contributed by atoms with Crippen LogP contribution in [-0.2, 0) is 0 Å². The smallest absolute Gasteiger partial charge is 0.165 e. The summed E-state index contributed by atoms with van der Waals surface area (Å²) < 4.78 is 18.7. The van der Waals surface area contributed by atoms with Gasteiger partial charge in [-0.25, -0.2) is 4.39 Å². The highest BCUT2D eigenvalue weighted by molar-refractivity contribution is 5.31. The zero-order chi connectivity index (χ0) is 13.8. The quantitative estimate of drug-likeness (QED) is 0.887. The average molecular weight is 268 g/mol. The third-order valence-corrected chi connectivity index (χ3v) is 3.71. The van der Waals surface area contributed by atoms with E-state index in [0.29, 0.717) is 0 Å². The van der Waals surface area contributed by atoms with E-state index >= 15 is 0 Å². The summed E-state index contributed by atoms with van der Waals surface area (Å²) in [5.41, 5.74) is 0.797. The van der Waals surface area contributed by atoms with Crippen molar-refractivity contribution in [2.75, 3.05) is 46.9 Å². The van der Waals surface area contributed by atoms with Gasteiger partial charge in [-0.05, 0) is 24.7 Å². The number of hydrogen-bond donors (Lipinski definition) is 1. The number of piperazine rings is 1. The standard InChI is InChI=1S/C14H21FN2O2/c1-16-5-7-17(8-6-16)13(10-18)11-3-4-14(19-2)12(15)9-11/h3-4,9,13,18H,5-8,10H2,1-2H3. The van der Waals surface area contributed by atoms with E-state index in [1.165, 1.54) is 13.2 Å². The minimum absolute atomic E-state index is 0.00448. The van der Waals surface area contributed by atoms with E-state index in [4.69, 9.17) is 4.74 Å². The monoisotopic (exact) mass is 268 g/mol. The van der Waals surface area contributed by atoms with Gasteiger partial charge in [0.25, 0.3) is 0 Å².